The lowest BCUT2D eigenvalue weighted by atomic mass is 10.0. The van der Waals surface area contributed by atoms with Crippen molar-refractivity contribution in [3.8, 4) is 0 Å². The van der Waals surface area contributed by atoms with Crippen molar-refractivity contribution in [2.24, 2.45) is 0 Å². The highest BCUT2D eigenvalue weighted by atomic mass is 14.9. The van der Waals surface area contributed by atoms with Crippen molar-refractivity contribution in [2.75, 3.05) is 0 Å². The van der Waals surface area contributed by atoms with E-state index < -0.39 is 0 Å². The van der Waals surface area contributed by atoms with E-state index in [1.165, 1.54) is 5.56 Å². The van der Waals surface area contributed by atoms with Crippen molar-refractivity contribution in [1.82, 2.24) is 5.32 Å². The summed E-state index contributed by atoms with van der Waals surface area (Å²) in [5, 5.41) is 3.46. The van der Waals surface area contributed by atoms with Crippen molar-refractivity contribution in [3.05, 3.63) is 42.8 Å². The van der Waals surface area contributed by atoms with Gasteiger partial charge in [0.15, 0.2) is 0 Å². The first-order chi connectivity index (χ1) is 6.14. The Bertz CT molecular complexity index is 239. The van der Waals surface area contributed by atoms with Gasteiger partial charge in [0.05, 0.1) is 0 Å². The van der Waals surface area contributed by atoms with Gasteiger partial charge in [-0.15, -0.1) is 0 Å². The molecule has 0 aliphatic rings. The van der Waals surface area contributed by atoms with E-state index in [0.717, 1.165) is 13.0 Å². The van der Waals surface area contributed by atoms with Gasteiger partial charge in [-0.3, -0.25) is 0 Å². The largest absolute Gasteiger partial charge is 0.308 e. The van der Waals surface area contributed by atoms with Gasteiger partial charge in [0.25, 0.3) is 0 Å². The molecule has 0 saturated heterocycles. The van der Waals surface area contributed by atoms with Crippen LogP contribution in [0.25, 0.3) is 0 Å². The van der Waals surface area contributed by atoms with Crippen LogP contribution in [0, 0.1) is 6.92 Å². The van der Waals surface area contributed by atoms with Crippen LogP contribution in [0.3, 0.4) is 0 Å². The highest BCUT2D eigenvalue weighted by Gasteiger charge is 2.12. The quantitative estimate of drug-likeness (QED) is 0.744. The van der Waals surface area contributed by atoms with Crippen LogP contribution in [0.15, 0.2) is 30.3 Å². The second-order valence-electron chi connectivity index (χ2n) is 3.97. The zero-order valence-electron chi connectivity index (χ0n) is 8.51. The molecule has 0 saturated carbocycles. The van der Waals surface area contributed by atoms with Gasteiger partial charge < -0.3 is 5.32 Å². The van der Waals surface area contributed by atoms with Crippen LogP contribution < -0.4 is 5.32 Å². The number of hydrogen-bond acceptors (Lipinski definition) is 1. The number of nitrogens with one attached hydrogen (secondary N) is 1. The Labute approximate surface area is 81.2 Å². The SMILES string of the molecule is [CH2]CC(C)(C)NCc1ccccc1. The Morgan fingerprint density at radius 2 is 1.85 bits per heavy atom. The standard InChI is InChI=1S/C12H18N/c1-4-12(2,3)13-10-11-8-6-5-7-9-11/h5-9,13H,1,4,10H2,2-3H3. The van der Waals surface area contributed by atoms with Gasteiger partial charge in [0.2, 0.25) is 0 Å². The maximum atomic E-state index is 3.91. The van der Waals surface area contributed by atoms with Crippen LogP contribution in [-0.4, -0.2) is 5.54 Å². The van der Waals surface area contributed by atoms with Gasteiger partial charge in [-0.2, -0.15) is 0 Å². The second kappa shape index (κ2) is 4.43. The monoisotopic (exact) mass is 176 g/mol. The molecule has 1 nitrogen and oxygen atoms in total. The first kappa shape index (κ1) is 10.3. The van der Waals surface area contributed by atoms with Gasteiger partial charge in [-0.1, -0.05) is 37.3 Å². The molecule has 0 fully saturated rings. The molecule has 1 heteroatoms. The topological polar surface area (TPSA) is 12.0 Å². The maximum absolute atomic E-state index is 3.91. The summed E-state index contributed by atoms with van der Waals surface area (Å²) in [6, 6.07) is 10.4. The molecular weight excluding hydrogens is 158 g/mol. The van der Waals surface area contributed by atoms with Crippen molar-refractivity contribution in [1.29, 1.82) is 0 Å². The molecule has 1 aromatic rings. The maximum Gasteiger partial charge on any atom is 0.0210 e. The number of rotatable bonds is 4. The van der Waals surface area contributed by atoms with Crippen molar-refractivity contribution >= 4 is 0 Å². The molecule has 0 bridgehead atoms. The van der Waals surface area contributed by atoms with E-state index in [1.54, 1.807) is 0 Å². The molecule has 0 atom stereocenters. The van der Waals surface area contributed by atoms with Crippen LogP contribution in [-0.2, 0) is 6.54 Å². The molecule has 13 heavy (non-hydrogen) atoms. The molecule has 0 aliphatic carbocycles. The number of benzene rings is 1. The Balaban J connectivity index is 2.44. The third kappa shape index (κ3) is 3.60. The minimum atomic E-state index is 0.135. The summed E-state index contributed by atoms with van der Waals surface area (Å²) in [5.74, 6) is 0. The van der Waals surface area contributed by atoms with E-state index >= 15 is 0 Å². The van der Waals surface area contributed by atoms with E-state index in [9.17, 15) is 0 Å². The zero-order valence-corrected chi connectivity index (χ0v) is 8.51. The summed E-state index contributed by atoms with van der Waals surface area (Å²) in [5.41, 5.74) is 1.46. The molecule has 1 N–H and O–H groups in total. The molecule has 0 unspecified atom stereocenters. The van der Waals surface area contributed by atoms with Crippen LogP contribution >= 0.6 is 0 Å². The van der Waals surface area contributed by atoms with Gasteiger partial charge in [-0.25, -0.2) is 0 Å². The smallest absolute Gasteiger partial charge is 0.0210 e. The molecule has 1 aromatic carbocycles. The summed E-state index contributed by atoms with van der Waals surface area (Å²) in [7, 11) is 0. The summed E-state index contributed by atoms with van der Waals surface area (Å²) >= 11 is 0. The fourth-order valence-corrected chi connectivity index (χ4v) is 1.03. The van der Waals surface area contributed by atoms with E-state index in [2.05, 4.69) is 50.4 Å². The molecule has 0 spiro atoms. The third-order valence-corrected chi connectivity index (χ3v) is 2.24. The highest BCUT2D eigenvalue weighted by Crippen LogP contribution is 2.08. The van der Waals surface area contributed by atoms with Crippen LogP contribution in [0.1, 0.15) is 25.8 Å². The summed E-state index contributed by atoms with van der Waals surface area (Å²) in [4.78, 5) is 0. The van der Waals surface area contributed by atoms with Crippen LogP contribution in [0.2, 0.25) is 0 Å². The molecular formula is C12H18N. The Morgan fingerprint density at radius 3 is 2.38 bits per heavy atom. The van der Waals surface area contributed by atoms with Crippen molar-refractivity contribution in [3.63, 3.8) is 0 Å². The van der Waals surface area contributed by atoms with Crippen molar-refractivity contribution < 1.29 is 0 Å². The predicted molar refractivity (Wildman–Crippen MR) is 57.3 cm³/mol. The fourth-order valence-electron chi connectivity index (χ4n) is 1.03. The van der Waals surface area contributed by atoms with E-state index in [1.807, 2.05) is 6.07 Å². The van der Waals surface area contributed by atoms with E-state index in [4.69, 9.17) is 0 Å². The fraction of sp³-hybridized carbons (Fsp3) is 0.417. The van der Waals surface area contributed by atoms with Gasteiger partial charge in [0.1, 0.15) is 0 Å². The minimum Gasteiger partial charge on any atom is -0.308 e. The van der Waals surface area contributed by atoms with Gasteiger partial charge in [-0.05, 0) is 25.8 Å². The summed E-state index contributed by atoms with van der Waals surface area (Å²) < 4.78 is 0. The Kier molecular flexibility index (Phi) is 3.49. The van der Waals surface area contributed by atoms with Crippen LogP contribution in [0.4, 0.5) is 0 Å². The summed E-state index contributed by atoms with van der Waals surface area (Å²) in [6.07, 6.45) is 0.903. The first-order valence-corrected chi connectivity index (χ1v) is 4.72. The lowest BCUT2D eigenvalue weighted by Crippen LogP contribution is -2.37. The second-order valence-corrected chi connectivity index (χ2v) is 3.97. The molecule has 1 radical (unpaired) electrons. The lowest BCUT2D eigenvalue weighted by Gasteiger charge is -2.24. The minimum absolute atomic E-state index is 0.135. The lowest BCUT2D eigenvalue weighted by molar-refractivity contribution is 0.389. The average molecular weight is 176 g/mol. The Morgan fingerprint density at radius 1 is 1.23 bits per heavy atom. The van der Waals surface area contributed by atoms with E-state index in [0.29, 0.717) is 0 Å². The zero-order chi connectivity index (χ0) is 9.73. The van der Waals surface area contributed by atoms with Gasteiger partial charge in [0, 0.05) is 12.1 Å². The molecule has 0 aromatic heterocycles. The highest BCUT2D eigenvalue weighted by molar-refractivity contribution is 5.14. The van der Waals surface area contributed by atoms with E-state index in [-0.39, 0.29) is 5.54 Å². The van der Waals surface area contributed by atoms with Crippen molar-refractivity contribution in [2.45, 2.75) is 32.4 Å². The Hall–Kier alpha value is -0.820. The molecule has 1 rings (SSSR count). The molecule has 0 aliphatic heterocycles. The first-order valence-electron chi connectivity index (χ1n) is 4.72. The normalized spacial score (nSPS) is 11.6. The molecule has 0 amide bonds. The predicted octanol–water partition coefficient (Wildman–Crippen LogP) is 2.78. The average Bonchev–Trinajstić information content (AvgIpc) is 2.17. The molecule has 71 valence electrons. The van der Waals surface area contributed by atoms with Gasteiger partial charge >= 0.3 is 0 Å². The molecule has 0 heterocycles. The number of hydrogen-bond donors (Lipinski definition) is 1. The van der Waals surface area contributed by atoms with Crippen LogP contribution in [0.5, 0.6) is 0 Å². The third-order valence-electron chi connectivity index (χ3n) is 2.24. The summed E-state index contributed by atoms with van der Waals surface area (Å²) in [6.45, 7) is 9.17.